The number of esters is 1. The van der Waals surface area contributed by atoms with Gasteiger partial charge in [0, 0.05) is 23.8 Å². The highest BCUT2D eigenvalue weighted by molar-refractivity contribution is 9.09. The van der Waals surface area contributed by atoms with E-state index in [-0.39, 0.29) is 47.5 Å². The number of carbonyl (C=O) groups is 4. The fraction of sp³-hybridized carbons (Fsp3) is 0.641. The second-order valence-electron chi connectivity index (χ2n) is 14.9. The van der Waals surface area contributed by atoms with E-state index in [9.17, 15) is 24.3 Å². The molecule has 1 aromatic carbocycles. The third kappa shape index (κ3) is 7.46. The average Bonchev–Trinajstić information content (AvgIpc) is 3.70. The van der Waals surface area contributed by atoms with Crippen molar-refractivity contribution in [2.75, 3.05) is 13.2 Å². The number of amides is 3. The molecule has 10 nitrogen and oxygen atoms in total. The molecule has 50 heavy (non-hydrogen) atoms. The molecular weight excluding hydrogens is 702 g/mol. The molecule has 2 N–H and O–H groups in total. The summed E-state index contributed by atoms with van der Waals surface area (Å²) in [5.41, 5.74) is -0.592. The molecule has 0 aromatic heterocycles. The summed E-state index contributed by atoms with van der Waals surface area (Å²) in [6.07, 6.45) is 8.35. The van der Waals surface area contributed by atoms with E-state index in [4.69, 9.17) is 9.47 Å². The number of aliphatic hydroxyl groups is 1. The molecule has 1 aromatic rings. The summed E-state index contributed by atoms with van der Waals surface area (Å²) < 4.78 is 13.1. The zero-order valence-electron chi connectivity index (χ0n) is 29.7. The summed E-state index contributed by atoms with van der Waals surface area (Å²) >= 11 is 3.77. The van der Waals surface area contributed by atoms with Crippen LogP contribution in [0.25, 0.3) is 0 Å². The number of benzene rings is 1. The topological polar surface area (TPSA) is 125 Å². The van der Waals surface area contributed by atoms with Crippen LogP contribution < -0.4 is 5.32 Å². The number of nitrogens with one attached hydrogen (secondary N) is 1. The molecule has 4 aliphatic rings. The number of fused-ring (bicyclic) bond motifs is 1. The summed E-state index contributed by atoms with van der Waals surface area (Å²) in [4.78, 5) is 60.1. The first kappa shape index (κ1) is 38.2. The van der Waals surface area contributed by atoms with Crippen LogP contribution in [0.5, 0.6) is 0 Å². The molecule has 1 saturated carbocycles. The molecule has 5 rings (SSSR count). The smallest absolute Gasteiger partial charge is 0.313 e. The van der Waals surface area contributed by atoms with E-state index in [0.29, 0.717) is 31.4 Å². The lowest BCUT2D eigenvalue weighted by Crippen LogP contribution is -2.60. The van der Waals surface area contributed by atoms with E-state index in [1.54, 1.807) is 24.0 Å². The molecule has 3 aliphatic heterocycles. The molecular formula is C39H54BrN3O7. The number of ether oxygens (including phenoxy) is 2. The number of likely N-dealkylation sites (tertiary alicyclic amines) is 1. The first-order chi connectivity index (χ1) is 24.0. The Balaban J connectivity index is 1.52. The van der Waals surface area contributed by atoms with Gasteiger partial charge < -0.3 is 29.7 Å². The zero-order chi connectivity index (χ0) is 36.2. The Morgan fingerprint density at radius 1 is 1.14 bits per heavy atom. The van der Waals surface area contributed by atoms with E-state index in [0.717, 1.165) is 32.1 Å². The molecule has 1 aliphatic carbocycles. The third-order valence-electron chi connectivity index (χ3n) is 11.0. The second kappa shape index (κ2) is 16.5. The van der Waals surface area contributed by atoms with Crippen molar-refractivity contribution in [2.24, 2.45) is 17.8 Å². The molecule has 274 valence electrons. The molecule has 4 fully saturated rings. The Morgan fingerprint density at radius 3 is 2.46 bits per heavy atom. The number of halogens is 1. The van der Waals surface area contributed by atoms with Gasteiger partial charge in [-0.15, -0.1) is 13.2 Å². The van der Waals surface area contributed by atoms with Crippen molar-refractivity contribution in [1.29, 1.82) is 0 Å². The van der Waals surface area contributed by atoms with Gasteiger partial charge in [0.1, 0.15) is 17.7 Å². The number of aliphatic hydroxyl groups excluding tert-OH is 1. The maximum Gasteiger partial charge on any atom is 0.313 e. The molecule has 11 heteroatoms. The van der Waals surface area contributed by atoms with Gasteiger partial charge in [0.05, 0.1) is 36.6 Å². The number of rotatable bonds is 16. The summed E-state index contributed by atoms with van der Waals surface area (Å²) in [5.74, 6) is -3.24. The lowest BCUT2D eigenvalue weighted by atomic mass is 9.70. The van der Waals surface area contributed by atoms with Crippen LogP contribution in [-0.2, 0) is 28.7 Å². The molecule has 2 bridgehead atoms. The average molecular weight is 757 g/mol. The monoisotopic (exact) mass is 755 g/mol. The number of allylic oxidation sites excluding steroid dienone is 1. The number of hydrogen-bond acceptors (Lipinski definition) is 7. The van der Waals surface area contributed by atoms with Crippen LogP contribution >= 0.6 is 15.9 Å². The van der Waals surface area contributed by atoms with Crippen molar-refractivity contribution in [3.8, 4) is 0 Å². The fourth-order valence-corrected chi connectivity index (χ4v) is 9.82. The van der Waals surface area contributed by atoms with Crippen molar-refractivity contribution in [3.05, 3.63) is 61.2 Å². The van der Waals surface area contributed by atoms with E-state index in [2.05, 4.69) is 34.4 Å². The number of hydrogen-bond donors (Lipinski definition) is 2. The maximum absolute atomic E-state index is 15.0. The predicted octanol–water partition coefficient (Wildman–Crippen LogP) is 5.24. The van der Waals surface area contributed by atoms with Crippen LogP contribution in [0.4, 0.5) is 0 Å². The minimum absolute atomic E-state index is 0.00766. The Kier molecular flexibility index (Phi) is 12.6. The molecule has 1 unspecified atom stereocenters. The predicted molar refractivity (Wildman–Crippen MR) is 194 cm³/mol. The van der Waals surface area contributed by atoms with Crippen LogP contribution in [-0.4, -0.2) is 92.4 Å². The fourth-order valence-electron chi connectivity index (χ4n) is 8.88. The van der Waals surface area contributed by atoms with Crippen molar-refractivity contribution >= 4 is 39.6 Å². The van der Waals surface area contributed by atoms with Crippen molar-refractivity contribution < 1.29 is 33.8 Å². The van der Waals surface area contributed by atoms with Gasteiger partial charge >= 0.3 is 5.97 Å². The van der Waals surface area contributed by atoms with Gasteiger partial charge in [0.25, 0.3) is 0 Å². The standard InChI is InChI=1S/C39H54BrN3O7/c1-6-8-19-30(45)41-25(5)33(26-15-11-9-12-16-26)49-38(48)31-32-36(46)43(28(23-44)21-24(3)4)35(39(32)22-29(40)34(31)50-39)37(47)42(20-7-2)27-17-13-10-14-18-27/h6-7,9,11-12,15-16,24-25,27-29,31-35,44H,1-2,8,10,13-14,17-23H2,3-5H3,(H,41,45)/t25-,28-,29?,31-,32+,33-,34-,35-,39+/m1/s1. The van der Waals surface area contributed by atoms with Crippen LogP contribution in [0.15, 0.2) is 55.6 Å². The molecule has 1 spiro atoms. The number of carbonyl (C=O) groups excluding carboxylic acids is 4. The Hall–Kier alpha value is -3.02. The highest BCUT2D eigenvalue weighted by atomic mass is 79.9. The van der Waals surface area contributed by atoms with Crippen molar-refractivity contribution in [2.45, 2.75) is 125 Å². The first-order valence-electron chi connectivity index (χ1n) is 18.3. The minimum Gasteiger partial charge on any atom is -0.455 e. The summed E-state index contributed by atoms with van der Waals surface area (Å²) in [5, 5.41) is 13.7. The van der Waals surface area contributed by atoms with Crippen LogP contribution in [0.3, 0.4) is 0 Å². The SMILES string of the molecule is C=CCCC(=O)N[C@H](C)[C@@H](OC(=O)[C@H]1[C@@H]2O[C@@]3(CC2Br)[C@@H]1C(=O)N([C@@H](CO)CC(C)C)[C@@H]3C(=O)N(CC=C)C1CCCCC1)c1ccccc1. The number of nitrogens with zero attached hydrogens (tertiary/aromatic N) is 2. The lowest BCUT2D eigenvalue weighted by Gasteiger charge is -2.42. The van der Waals surface area contributed by atoms with Crippen molar-refractivity contribution in [1.82, 2.24) is 15.1 Å². The minimum atomic E-state index is -1.29. The van der Waals surface area contributed by atoms with E-state index >= 15 is 0 Å². The van der Waals surface area contributed by atoms with Gasteiger partial charge in [-0.05, 0) is 50.5 Å². The van der Waals surface area contributed by atoms with Crippen LogP contribution in [0, 0.1) is 17.8 Å². The first-order valence-corrected chi connectivity index (χ1v) is 19.2. The molecule has 9 atom stereocenters. The summed E-state index contributed by atoms with van der Waals surface area (Å²) in [7, 11) is 0. The quantitative estimate of drug-likeness (QED) is 0.134. The summed E-state index contributed by atoms with van der Waals surface area (Å²) in [6, 6.07) is 6.99. The largest absolute Gasteiger partial charge is 0.455 e. The van der Waals surface area contributed by atoms with Gasteiger partial charge in [-0.25, -0.2) is 0 Å². The van der Waals surface area contributed by atoms with Crippen LogP contribution in [0.1, 0.15) is 90.2 Å². The Labute approximate surface area is 305 Å². The molecule has 0 radical (unpaired) electrons. The van der Waals surface area contributed by atoms with Gasteiger partial charge in [-0.2, -0.15) is 0 Å². The Morgan fingerprint density at radius 2 is 1.84 bits per heavy atom. The second-order valence-corrected chi connectivity index (χ2v) is 16.1. The Bertz CT molecular complexity index is 1400. The van der Waals surface area contributed by atoms with Gasteiger partial charge in [0.2, 0.25) is 17.7 Å². The van der Waals surface area contributed by atoms with Gasteiger partial charge in [0.15, 0.2) is 0 Å². The zero-order valence-corrected chi connectivity index (χ0v) is 31.3. The van der Waals surface area contributed by atoms with Gasteiger partial charge in [-0.1, -0.05) is 91.5 Å². The van der Waals surface area contributed by atoms with E-state index in [1.807, 2.05) is 49.1 Å². The molecule has 3 heterocycles. The van der Waals surface area contributed by atoms with E-state index < -0.39 is 53.7 Å². The normalized spacial score (nSPS) is 29.3. The van der Waals surface area contributed by atoms with Gasteiger partial charge in [-0.3, -0.25) is 19.2 Å². The highest BCUT2D eigenvalue weighted by Gasteiger charge is 2.77. The molecule has 3 amide bonds. The molecule has 3 saturated heterocycles. The number of alkyl halides is 1. The maximum atomic E-state index is 15.0. The van der Waals surface area contributed by atoms with E-state index in [1.165, 1.54) is 0 Å². The third-order valence-corrected chi connectivity index (χ3v) is 11.8. The summed E-state index contributed by atoms with van der Waals surface area (Å²) in [6.45, 7) is 13.5. The van der Waals surface area contributed by atoms with Crippen molar-refractivity contribution in [3.63, 3.8) is 0 Å². The lowest BCUT2D eigenvalue weighted by molar-refractivity contribution is -0.162. The highest BCUT2D eigenvalue weighted by Crippen LogP contribution is 2.61. The van der Waals surface area contributed by atoms with Crippen LogP contribution in [0.2, 0.25) is 0 Å².